The van der Waals surface area contributed by atoms with Crippen molar-refractivity contribution >= 4 is 23.8 Å². The van der Waals surface area contributed by atoms with Crippen LogP contribution < -0.4 is 5.32 Å². The molecule has 0 aliphatic rings. The molecule has 0 aliphatic carbocycles. The van der Waals surface area contributed by atoms with Gasteiger partial charge in [-0.15, -0.1) is 0 Å². The van der Waals surface area contributed by atoms with Crippen LogP contribution in [0.1, 0.15) is 33.3 Å². The second-order valence-corrected chi connectivity index (χ2v) is 6.50. The quantitative estimate of drug-likeness (QED) is 0.456. The van der Waals surface area contributed by atoms with Crippen LogP contribution in [0.3, 0.4) is 0 Å². The molecule has 142 valence electrons. The monoisotopic (exact) mass is 363 g/mol. The van der Waals surface area contributed by atoms with Crippen LogP contribution in [0.2, 0.25) is 0 Å². The predicted molar refractivity (Wildman–Crippen MR) is 98.6 cm³/mol. The number of nitro groups is 1. The van der Waals surface area contributed by atoms with E-state index in [1.165, 1.54) is 23.1 Å². The molecule has 0 atom stereocenters. The molecule has 0 unspecified atom stereocenters. The van der Waals surface area contributed by atoms with Gasteiger partial charge in [0.25, 0.3) is 5.69 Å². The number of benzene rings is 1. The van der Waals surface area contributed by atoms with Crippen LogP contribution in [0.25, 0.3) is 6.08 Å². The Balaban J connectivity index is 2.54. The number of carbonyl (C=O) groups excluding carboxylic acids is 2. The Morgan fingerprint density at radius 2 is 1.96 bits per heavy atom. The third-order valence-corrected chi connectivity index (χ3v) is 3.26. The standard InChI is InChI=1S/C18H25N3O5/c1-5-20(17(23)26-18(2,3)4)13-12-19-16(22)11-10-14-8-6-7-9-15(14)21(24)25/h6-11H,5,12-13H2,1-4H3,(H,19,22). The maximum atomic E-state index is 12.0. The zero-order valence-electron chi connectivity index (χ0n) is 15.5. The number of likely N-dealkylation sites (N-methyl/N-ethyl adjacent to an activating group) is 1. The lowest BCUT2D eigenvalue weighted by molar-refractivity contribution is -0.385. The van der Waals surface area contributed by atoms with E-state index in [-0.39, 0.29) is 12.2 Å². The summed E-state index contributed by atoms with van der Waals surface area (Å²) >= 11 is 0. The molecule has 8 heteroatoms. The molecule has 0 saturated carbocycles. The first kappa shape index (κ1) is 21.1. The lowest BCUT2D eigenvalue weighted by Gasteiger charge is -2.26. The molecular weight excluding hydrogens is 338 g/mol. The summed E-state index contributed by atoms with van der Waals surface area (Å²) in [5.74, 6) is -0.400. The maximum absolute atomic E-state index is 12.0. The van der Waals surface area contributed by atoms with Gasteiger partial charge in [0, 0.05) is 31.8 Å². The van der Waals surface area contributed by atoms with Crippen molar-refractivity contribution in [2.75, 3.05) is 19.6 Å². The van der Waals surface area contributed by atoms with E-state index in [1.807, 2.05) is 6.92 Å². The zero-order valence-corrected chi connectivity index (χ0v) is 15.5. The highest BCUT2D eigenvalue weighted by Gasteiger charge is 2.20. The summed E-state index contributed by atoms with van der Waals surface area (Å²) in [6.07, 6.45) is 2.18. The molecule has 0 aliphatic heterocycles. The topological polar surface area (TPSA) is 102 Å². The van der Waals surface area contributed by atoms with E-state index in [4.69, 9.17) is 4.74 Å². The number of nitro benzene ring substituents is 1. The van der Waals surface area contributed by atoms with Gasteiger partial charge in [0.2, 0.25) is 5.91 Å². The van der Waals surface area contributed by atoms with Crippen LogP contribution in [-0.4, -0.2) is 47.1 Å². The average Bonchev–Trinajstić information content (AvgIpc) is 2.55. The van der Waals surface area contributed by atoms with Gasteiger partial charge in [-0.2, -0.15) is 0 Å². The molecular formula is C18H25N3O5. The smallest absolute Gasteiger partial charge is 0.410 e. The van der Waals surface area contributed by atoms with Crippen molar-refractivity contribution in [3.63, 3.8) is 0 Å². The van der Waals surface area contributed by atoms with Gasteiger partial charge in [-0.1, -0.05) is 12.1 Å². The third kappa shape index (κ3) is 7.33. The molecule has 1 N–H and O–H groups in total. The average molecular weight is 363 g/mol. The van der Waals surface area contributed by atoms with E-state index in [0.717, 1.165) is 0 Å². The molecule has 0 saturated heterocycles. The van der Waals surface area contributed by atoms with Crippen LogP contribution >= 0.6 is 0 Å². The molecule has 8 nitrogen and oxygen atoms in total. The molecule has 1 rings (SSSR count). The Morgan fingerprint density at radius 3 is 2.54 bits per heavy atom. The molecule has 0 radical (unpaired) electrons. The number of hydrogen-bond acceptors (Lipinski definition) is 5. The zero-order chi connectivity index (χ0) is 19.7. The van der Waals surface area contributed by atoms with Crippen LogP contribution in [0.5, 0.6) is 0 Å². The Hall–Kier alpha value is -2.90. The molecule has 0 aromatic heterocycles. The van der Waals surface area contributed by atoms with E-state index >= 15 is 0 Å². The molecule has 0 fully saturated rings. The van der Waals surface area contributed by atoms with Crippen molar-refractivity contribution < 1.29 is 19.2 Å². The number of hydrogen-bond donors (Lipinski definition) is 1. The fourth-order valence-electron chi connectivity index (χ4n) is 2.04. The van der Waals surface area contributed by atoms with Gasteiger partial charge in [0.1, 0.15) is 5.60 Å². The Bertz CT molecular complexity index is 680. The lowest BCUT2D eigenvalue weighted by atomic mass is 10.1. The van der Waals surface area contributed by atoms with Crippen molar-refractivity contribution in [2.24, 2.45) is 0 Å². The number of nitrogens with one attached hydrogen (secondary N) is 1. The number of para-hydroxylation sites is 1. The van der Waals surface area contributed by atoms with Gasteiger partial charge in [-0.3, -0.25) is 14.9 Å². The van der Waals surface area contributed by atoms with Gasteiger partial charge in [0.05, 0.1) is 10.5 Å². The van der Waals surface area contributed by atoms with Crippen molar-refractivity contribution in [3.8, 4) is 0 Å². The highest BCUT2D eigenvalue weighted by atomic mass is 16.6. The second kappa shape index (κ2) is 9.55. The van der Waals surface area contributed by atoms with E-state index in [2.05, 4.69) is 5.32 Å². The minimum atomic E-state index is -0.582. The molecule has 0 bridgehead atoms. The SMILES string of the molecule is CCN(CCNC(=O)C=Cc1ccccc1[N+](=O)[O-])C(=O)OC(C)(C)C. The first-order valence-corrected chi connectivity index (χ1v) is 8.31. The number of carbonyl (C=O) groups is 2. The van der Waals surface area contributed by atoms with Crippen molar-refractivity contribution in [1.29, 1.82) is 0 Å². The van der Waals surface area contributed by atoms with E-state index in [9.17, 15) is 19.7 Å². The predicted octanol–water partition coefficient (Wildman–Crippen LogP) is 2.98. The highest BCUT2D eigenvalue weighted by molar-refractivity contribution is 5.92. The van der Waals surface area contributed by atoms with Crippen molar-refractivity contribution in [3.05, 3.63) is 46.0 Å². The van der Waals surface area contributed by atoms with Crippen molar-refractivity contribution in [2.45, 2.75) is 33.3 Å². The fraction of sp³-hybridized carbons (Fsp3) is 0.444. The summed E-state index contributed by atoms with van der Waals surface area (Å²) in [5.41, 5.74) is -0.309. The van der Waals surface area contributed by atoms with Gasteiger partial charge in [-0.05, 0) is 39.8 Å². The molecule has 26 heavy (non-hydrogen) atoms. The number of amides is 2. The summed E-state index contributed by atoms with van der Waals surface area (Å²) in [4.78, 5) is 35.8. The Kier molecular flexibility index (Phi) is 7.77. The van der Waals surface area contributed by atoms with E-state index in [1.54, 1.807) is 39.0 Å². The summed E-state index contributed by atoms with van der Waals surface area (Å²) < 4.78 is 5.29. The minimum Gasteiger partial charge on any atom is -0.444 e. The highest BCUT2D eigenvalue weighted by Crippen LogP contribution is 2.18. The van der Waals surface area contributed by atoms with Crippen molar-refractivity contribution in [1.82, 2.24) is 10.2 Å². The lowest BCUT2D eigenvalue weighted by Crippen LogP contribution is -2.41. The maximum Gasteiger partial charge on any atom is 0.410 e. The molecule has 0 spiro atoms. The normalized spacial score (nSPS) is 11.2. The number of ether oxygens (including phenoxy) is 1. The largest absolute Gasteiger partial charge is 0.444 e. The third-order valence-electron chi connectivity index (χ3n) is 3.26. The van der Waals surface area contributed by atoms with Crippen LogP contribution in [0.15, 0.2) is 30.3 Å². The summed E-state index contributed by atoms with van der Waals surface area (Å²) in [5, 5.41) is 13.6. The summed E-state index contributed by atoms with van der Waals surface area (Å²) in [6, 6.07) is 6.15. The van der Waals surface area contributed by atoms with Gasteiger partial charge in [0.15, 0.2) is 0 Å². The van der Waals surface area contributed by atoms with E-state index in [0.29, 0.717) is 18.7 Å². The van der Waals surface area contributed by atoms with Gasteiger partial charge < -0.3 is 15.0 Å². The van der Waals surface area contributed by atoms with Gasteiger partial charge in [-0.25, -0.2) is 4.79 Å². The molecule has 2 amide bonds. The minimum absolute atomic E-state index is 0.0707. The number of rotatable bonds is 7. The van der Waals surface area contributed by atoms with Crippen LogP contribution in [-0.2, 0) is 9.53 Å². The van der Waals surface area contributed by atoms with Gasteiger partial charge >= 0.3 is 6.09 Å². The molecule has 1 aromatic carbocycles. The first-order chi connectivity index (χ1) is 12.1. The fourth-order valence-corrected chi connectivity index (χ4v) is 2.04. The van der Waals surface area contributed by atoms with Crippen LogP contribution in [0, 0.1) is 10.1 Å². The molecule has 0 heterocycles. The number of nitrogens with zero attached hydrogens (tertiary/aromatic N) is 2. The summed E-state index contributed by atoms with van der Waals surface area (Å²) in [6.45, 7) is 8.18. The summed E-state index contributed by atoms with van der Waals surface area (Å²) in [7, 11) is 0. The van der Waals surface area contributed by atoms with E-state index < -0.39 is 22.5 Å². The Morgan fingerprint density at radius 1 is 1.31 bits per heavy atom. The first-order valence-electron chi connectivity index (χ1n) is 8.31. The second-order valence-electron chi connectivity index (χ2n) is 6.50. The van der Waals surface area contributed by atoms with Crippen LogP contribution in [0.4, 0.5) is 10.5 Å². The molecule has 1 aromatic rings. The Labute approximate surface area is 153 Å².